The van der Waals surface area contributed by atoms with E-state index in [0.717, 1.165) is 31.3 Å². The van der Waals surface area contributed by atoms with Crippen molar-refractivity contribution in [3.8, 4) is 16.9 Å². The molecular formula is C16H16ClNO2S3. The molecule has 3 nitrogen and oxygen atoms in total. The Bertz CT molecular complexity index is 838. The fourth-order valence-electron chi connectivity index (χ4n) is 2.91. The first-order chi connectivity index (χ1) is 10.8. The van der Waals surface area contributed by atoms with Crippen molar-refractivity contribution in [2.24, 2.45) is 0 Å². The van der Waals surface area contributed by atoms with Gasteiger partial charge in [-0.05, 0) is 39.0 Å². The summed E-state index contributed by atoms with van der Waals surface area (Å²) in [4.78, 5) is 15.7. The number of anilines is 1. The van der Waals surface area contributed by atoms with Gasteiger partial charge >= 0.3 is 0 Å². The van der Waals surface area contributed by atoms with E-state index in [0.29, 0.717) is 0 Å². The first kappa shape index (κ1) is 16.9. The fraction of sp³-hybridized carbons (Fsp3) is 0.375. The lowest BCUT2D eigenvalue weighted by Gasteiger charge is -2.43. The summed E-state index contributed by atoms with van der Waals surface area (Å²) in [6.07, 6.45) is 0. The van der Waals surface area contributed by atoms with Gasteiger partial charge in [0.1, 0.15) is 15.0 Å². The van der Waals surface area contributed by atoms with Crippen LogP contribution in [0.2, 0.25) is 0 Å². The van der Waals surface area contributed by atoms with Crippen LogP contribution in [0.15, 0.2) is 18.2 Å². The topological polar surface area (TPSA) is 29.5 Å². The molecule has 0 unspecified atom stereocenters. The number of rotatable bonds is 2. The normalized spacial score (nSPS) is 16.5. The Kier molecular flexibility index (Phi) is 4.29. The van der Waals surface area contributed by atoms with Crippen molar-refractivity contribution in [1.82, 2.24) is 0 Å². The highest BCUT2D eigenvalue weighted by molar-refractivity contribution is 7.80. The molecule has 0 spiro atoms. The summed E-state index contributed by atoms with van der Waals surface area (Å²) < 4.78 is 6.20. The number of ether oxygens (including phenoxy) is 1. The molecular weight excluding hydrogens is 370 g/mol. The molecule has 0 aliphatic carbocycles. The van der Waals surface area contributed by atoms with Crippen LogP contribution in [0.25, 0.3) is 11.1 Å². The molecule has 1 aromatic carbocycles. The second-order valence-electron chi connectivity index (χ2n) is 5.89. The predicted molar refractivity (Wildman–Crippen MR) is 101 cm³/mol. The largest absolute Gasteiger partial charge is 0.497 e. The highest BCUT2D eigenvalue weighted by Crippen LogP contribution is 2.53. The lowest BCUT2D eigenvalue weighted by molar-refractivity contribution is -0.119. The summed E-state index contributed by atoms with van der Waals surface area (Å²) in [5, 5.41) is -0.600. The SMILES string of the molecule is COc1ccc2c(c1)-c1c(ssc1=S)C(C)(C)N2C(=O)[C@H](C)Cl. The first-order valence-electron chi connectivity index (χ1n) is 7.09. The van der Waals surface area contributed by atoms with Gasteiger partial charge in [0.2, 0.25) is 5.91 Å². The van der Waals surface area contributed by atoms with Crippen molar-refractivity contribution in [2.45, 2.75) is 31.7 Å². The molecule has 122 valence electrons. The summed E-state index contributed by atoms with van der Waals surface area (Å²) >= 11 is 11.7. The zero-order valence-corrected chi connectivity index (χ0v) is 16.4. The molecule has 1 aliphatic heterocycles. The van der Waals surface area contributed by atoms with Crippen molar-refractivity contribution in [1.29, 1.82) is 0 Å². The summed E-state index contributed by atoms with van der Waals surface area (Å²) in [5.41, 5.74) is 2.32. The lowest BCUT2D eigenvalue weighted by Crippen LogP contribution is -2.50. The molecule has 0 radical (unpaired) electrons. The molecule has 0 bridgehead atoms. The number of fused-ring (bicyclic) bond motifs is 3. The molecule has 3 rings (SSSR count). The quantitative estimate of drug-likeness (QED) is 0.392. The Morgan fingerprint density at radius 2 is 2.09 bits per heavy atom. The van der Waals surface area contributed by atoms with Crippen molar-refractivity contribution in [2.75, 3.05) is 12.0 Å². The molecule has 23 heavy (non-hydrogen) atoms. The summed E-state index contributed by atoms with van der Waals surface area (Å²) in [6, 6.07) is 5.71. The van der Waals surface area contributed by atoms with Crippen LogP contribution >= 0.6 is 44.5 Å². The van der Waals surface area contributed by atoms with Gasteiger partial charge < -0.3 is 4.74 Å². The molecule has 0 saturated carbocycles. The van der Waals surface area contributed by atoms with Gasteiger partial charge in [-0.15, -0.1) is 11.6 Å². The van der Waals surface area contributed by atoms with Gasteiger partial charge in [0, 0.05) is 11.1 Å². The average molecular weight is 386 g/mol. The standard InChI is InChI=1S/C16H16ClNO2S3/c1-8(17)14(19)18-11-6-5-9(20-4)7-10(11)12-13(16(18,2)3)22-23-15(12)21/h5-8H,1-4H3/t8-/m0/s1. The number of hydrogen-bond donors (Lipinski definition) is 0. The number of halogens is 1. The maximum atomic E-state index is 12.8. The van der Waals surface area contributed by atoms with Crippen molar-refractivity contribution in [3.05, 3.63) is 26.9 Å². The van der Waals surface area contributed by atoms with Crippen LogP contribution in [0.3, 0.4) is 0 Å². The van der Waals surface area contributed by atoms with Crippen molar-refractivity contribution < 1.29 is 9.53 Å². The molecule has 2 heterocycles. The molecule has 0 fully saturated rings. The number of alkyl halides is 1. The summed E-state index contributed by atoms with van der Waals surface area (Å²) in [5.74, 6) is 0.629. The second kappa shape index (κ2) is 5.84. The van der Waals surface area contributed by atoms with Gasteiger partial charge in [-0.3, -0.25) is 9.69 Å². The van der Waals surface area contributed by atoms with Crippen LogP contribution < -0.4 is 9.64 Å². The Labute approximate surface area is 152 Å². The van der Waals surface area contributed by atoms with Crippen LogP contribution in [0.4, 0.5) is 5.69 Å². The minimum atomic E-state index is -0.600. The fourth-order valence-corrected chi connectivity index (χ4v) is 6.29. The summed E-state index contributed by atoms with van der Waals surface area (Å²) in [7, 11) is 4.82. The van der Waals surface area contributed by atoms with Crippen molar-refractivity contribution in [3.63, 3.8) is 0 Å². The van der Waals surface area contributed by atoms with E-state index >= 15 is 0 Å². The molecule has 2 aromatic rings. The van der Waals surface area contributed by atoms with E-state index < -0.39 is 10.9 Å². The van der Waals surface area contributed by atoms with Crippen LogP contribution in [0, 0.1) is 3.82 Å². The van der Waals surface area contributed by atoms with Gasteiger partial charge in [0.25, 0.3) is 0 Å². The highest BCUT2D eigenvalue weighted by Gasteiger charge is 2.43. The van der Waals surface area contributed by atoms with Gasteiger partial charge in [0.05, 0.1) is 23.2 Å². The Balaban J connectivity index is 2.35. The third-order valence-corrected chi connectivity index (χ3v) is 7.54. The van der Waals surface area contributed by atoms with Gasteiger partial charge in [0.15, 0.2) is 0 Å². The third-order valence-electron chi connectivity index (χ3n) is 4.02. The second-order valence-corrected chi connectivity index (χ2v) is 9.36. The first-order valence-corrected chi connectivity index (χ1v) is 10.1. The number of benzene rings is 1. The molecule has 1 aromatic heterocycles. The number of hydrogen-bond acceptors (Lipinski definition) is 5. The van der Waals surface area contributed by atoms with Gasteiger partial charge in [-0.2, -0.15) is 0 Å². The number of amides is 1. The average Bonchev–Trinajstić information content (AvgIpc) is 2.89. The molecule has 1 amide bonds. The van der Waals surface area contributed by atoms with E-state index in [1.165, 1.54) is 0 Å². The molecule has 0 saturated heterocycles. The van der Waals surface area contributed by atoms with Gasteiger partial charge in [-0.25, -0.2) is 0 Å². The Morgan fingerprint density at radius 1 is 1.39 bits per heavy atom. The van der Waals surface area contributed by atoms with E-state index in [9.17, 15) is 4.79 Å². The highest BCUT2D eigenvalue weighted by atomic mass is 35.5. The third kappa shape index (κ3) is 2.52. The summed E-state index contributed by atoms with van der Waals surface area (Å²) in [6.45, 7) is 5.77. The molecule has 7 heteroatoms. The Morgan fingerprint density at radius 3 is 2.70 bits per heavy atom. The van der Waals surface area contributed by atoms with Gasteiger partial charge in [-0.1, -0.05) is 32.9 Å². The minimum Gasteiger partial charge on any atom is -0.497 e. The zero-order chi connectivity index (χ0) is 16.9. The molecule has 1 aliphatic rings. The number of methoxy groups -OCH3 is 1. The molecule has 0 N–H and O–H groups in total. The van der Waals surface area contributed by atoms with E-state index in [1.807, 2.05) is 32.0 Å². The smallest absolute Gasteiger partial charge is 0.245 e. The van der Waals surface area contributed by atoms with Crippen LogP contribution in [0.5, 0.6) is 5.75 Å². The maximum Gasteiger partial charge on any atom is 0.245 e. The van der Waals surface area contributed by atoms with Crippen molar-refractivity contribution >= 4 is 56.1 Å². The minimum absolute atomic E-state index is 0.113. The van der Waals surface area contributed by atoms with E-state index in [1.54, 1.807) is 39.6 Å². The van der Waals surface area contributed by atoms with E-state index in [2.05, 4.69) is 0 Å². The van der Waals surface area contributed by atoms with Crippen LogP contribution in [0.1, 0.15) is 25.6 Å². The lowest BCUT2D eigenvalue weighted by atomic mass is 9.87. The number of carbonyl (C=O) groups excluding carboxylic acids is 1. The molecule has 1 atom stereocenters. The number of carbonyl (C=O) groups is 1. The number of nitrogens with zero attached hydrogens (tertiary/aromatic N) is 1. The maximum absolute atomic E-state index is 12.8. The monoisotopic (exact) mass is 385 g/mol. The van der Waals surface area contributed by atoms with Crippen LogP contribution in [-0.4, -0.2) is 18.4 Å². The van der Waals surface area contributed by atoms with E-state index in [4.69, 9.17) is 28.6 Å². The van der Waals surface area contributed by atoms with Crippen LogP contribution in [-0.2, 0) is 10.3 Å². The predicted octanol–water partition coefficient (Wildman–Crippen LogP) is 5.42. The zero-order valence-electron chi connectivity index (χ0n) is 13.2. The van der Waals surface area contributed by atoms with E-state index in [-0.39, 0.29) is 5.91 Å². The Hall–Kier alpha value is -0.950.